The van der Waals surface area contributed by atoms with Crippen molar-refractivity contribution in [2.24, 2.45) is 17.0 Å². The zero-order valence-corrected chi connectivity index (χ0v) is 39.4. The molecule has 2 aliphatic rings. The largest absolute Gasteiger partial charge is 0.444 e. The van der Waals surface area contributed by atoms with E-state index in [2.05, 4.69) is 30.8 Å². The van der Waals surface area contributed by atoms with E-state index in [9.17, 15) is 19.2 Å². The average Bonchev–Trinajstić information content (AvgIpc) is 3.55. The van der Waals surface area contributed by atoms with Gasteiger partial charge in [0.25, 0.3) is 0 Å². The molecule has 0 aliphatic carbocycles. The fourth-order valence-corrected chi connectivity index (χ4v) is 6.63. The highest BCUT2D eigenvalue weighted by molar-refractivity contribution is 6.00. The minimum atomic E-state index is -0.810. The summed E-state index contributed by atoms with van der Waals surface area (Å²) in [7, 11) is 1.94. The second-order valence-corrected chi connectivity index (χ2v) is 19.5. The first-order valence-electron chi connectivity index (χ1n) is 21.3. The summed E-state index contributed by atoms with van der Waals surface area (Å²) in [6.07, 6.45) is 2.31. The highest BCUT2D eigenvalue weighted by Gasteiger charge is 2.27. The van der Waals surface area contributed by atoms with Crippen molar-refractivity contribution in [2.45, 2.75) is 118 Å². The summed E-state index contributed by atoms with van der Waals surface area (Å²) in [6.45, 7) is 22.8. The number of amides is 4. The molecule has 0 fully saturated rings. The molecule has 64 heavy (non-hydrogen) atoms. The van der Waals surface area contributed by atoms with Crippen LogP contribution in [-0.4, -0.2) is 109 Å². The molecule has 2 aliphatic heterocycles. The Morgan fingerprint density at radius 2 is 0.828 bits per heavy atom. The molecule has 3 aromatic rings. The number of hydrogen-bond donors (Lipinski definition) is 2. The van der Waals surface area contributed by atoms with Gasteiger partial charge in [0.1, 0.15) is 22.4 Å². The predicted molar refractivity (Wildman–Crippen MR) is 246 cm³/mol. The molecule has 5 rings (SSSR count). The van der Waals surface area contributed by atoms with Crippen molar-refractivity contribution >= 4 is 47.4 Å². The zero-order chi connectivity index (χ0) is 47.2. The first kappa shape index (κ1) is 48.5. The molecule has 3 heterocycles. The maximum Gasteiger partial charge on any atom is 0.437 e. The Kier molecular flexibility index (Phi) is 14.8. The molecule has 344 valence electrons. The van der Waals surface area contributed by atoms with E-state index >= 15 is 0 Å². The first-order valence-corrected chi connectivity index (χ1v) is 21.3. The molecule has 0 radical (unpaired) electrons. The topological polar surface area (TPSA) is 191 Å². The number of carbonyl (C=O) groups excluding carboxylic acids is 4. The Morgan fingerprint density at radius 1 is 0.516 bits per heavy atom. The average molecular weight is 882 g/mol. The van der Waals surface area contributed by atoms with Crippen molar-refractivity contribution in [3.05, 3.63) is 71.8 Å². The van der Waals surface area contributed by atoms with Crippen LogP contribution in [0.15, 0.2) is 70.7 Å². The van der Waals surface area contributed by atoms with Gasteiger partial charge in [0, 0.05) is 44.4 Å². The van der Waals surface area contributed by atoms with Crippen molar-refractivity contribution in [3.63, 3.8) is 0 Å². The number of ether oxygens (including phenoxy) is 4. The third-order valence-corrected chi connectivity index (χ3v) is 9.33. The van der Waals surface area contributed by atoms with Crippen molar-refractivity contribution < 1.29 is 38.1 Å². The minimum absolute atomic E-state index is 0.0631. The monoisotopic (exact) mass is 881 g/mol. The summed E-state index contributed by atoms with van der Waals surface area (Å²) in [4.78, 5) is 62.4. The zero-order valence-electron chi connectivity index (χ0n) is 39.4. The van der Waals surface area contributed by atoms with Crippen LogP contribution in [0.5, 0.6) is 0 Å². The van der Waals surface area contributed by atoms with E-state index in [4.69, 9.17) is 18.9 Å². The van der Waals surface area contributed by atoms with Crippen LogP contribution in [0.4, 0.5) is 19.2 Å². The van der Waals surface area contributed by atoms with Gasteiger partial charge >= 0.3 is 24.4 Å². The van der Waals surface area contributed by atoms with E-state index in [-0.39, 0.29) is 11.9 Å². The summed E-state index contributed by atoms with van der Waals surface area (Å²) in [5, 5.41) is 14.3. The van der Waals surface area contributed by atoms with Gasteiger partial charge < -0.3 is 33.3 Å². The minimum Gasteiger partial charge on any atom is -0.444 e. The van der Waals surface area contributed by atoms with E-state index in [0.29, 0.717) is 50.7 Å². The van der Waals surface area contributed by atoms with Crippen LogP contribution in [0.2, 0.25) is 0 Å². The van der Waals surface area contributed by atoms with Gasteiger partial charge in [0.15, 0.2) is 11.6 Å². The van der Waals surface area contributed by atoms with E-state index in [0.717, 1.165) is 33.4 Å². The lowest BCUT2D eigenvalue weighted by Gasteiger charge is -2.30. The second-order valence-electron chi connectivity index (χ2n) is 19.5. The van der Waals surface area contributed by atoms with Crippen LogP contribution >= 0.6 is 0 Å². The van der Waals surface area contributed by atoms with E-state index in [1.807, 2.05) is 72.3 Å². The van der Waals surface area contributed by atoms with E-state index in [1.54, 1.807) is 92.9 Å². The molecule has 0 atom stereocenters. The fourth-order valence-electron chi connectivity index (χ4n) is 6.63. The molecule has 1 aromatic heterocycles. The number of guanidine groups is 2. The van der Waals surface area contributed by atoms with E-state index in [1.165, 1.54) is 0 Å². The molecule has 0 saturated carbocycles. The van der Waals surface area contributed by atoms with Gasteiger partial charge in [-0.2, -0.15) is 0 Å². The molecule has 4 amide bonds. The smallest absolute Gasteiger partial charge is 0.437 e. The summed E-state index contributed by atoms with van der Waals surface area (Å²) in [6, 6.07) is 16.3. The van der Waals surface area contributed by atoms with Gasteiger partial charge in [-0.05, 0) is 118 Å². The Bertz CT molecular complexity index is 2160. The molecular weight excluding hydrogens is 819 g/mol. The molecule has 0 bridgehead atoms. The highest BCUT2D eigenvalue weighted by atomic mass is 16.6. The molecule has 0 saturated heterocycles. The van der Waals surface area contributed by atoms with Crippen LogP contribution in [0, 0.1) is 0 Å². The summed E-state index contributed by atoms with van der Waals surface area (Å²) in [5.41, 5.74) is 3.14. The number of benzene rings is 2. The number of aromatic nitrogens is 3. The lowest BCUT2D eigenvalue weighted by molar-refractivity contribution is 0.0536. The van der Waals surface area contributed by atoms with Crippen LogP contribution in [-0.2, 0) is 26.0 Å². The molecule has 2 N–H and O–H groups in total. The lowest BCUT2D eigenvalue weighted by atomic mass is 9.98. The van der Waals surface area contributed by atoms with E-state index < -0.39 is 46.8 Å². The molecule has 0 spiro atoms. The Morgan fingerprint density at radius 3 is 1.11 bits per heavy atom. The maximum atomic E-state index is 12.7. The number of rotatable bonds is 4. The summed E-state index contributed by atoms with van der Waals surface area (Å²) in [5.74, 6) is 1.55. The van der Waals surface area contributed by atoms with Crippen molar-refractivity contribution in [2.75, 3.05) is 26.2 Å². The highest BCUT2D eigenvalue weighted by Crippen LogP contribution is 2.30. The van der Waals surface area contributed by atoms with Crippen LogP contribution in [0.3, 0.4) is 0 Å². The van der Waals surface area contributed by atoms with Crippen LogP contribution in [0.25, 0.3) is 33.9 Å². The van der Waals surface area contributed by atoms with Gasteiger partial charge in [-0.25, -0.2) is 19.2 Å². The lowest BCUT2D eigenvalue weighted by Crippen LogP contribution is -2.48. The molecule has 17 heteroatoms. The quantitative estimate of drug-likeness (QED) is 0.144. The summed E-state index contributed by atoms with van der Waals surface area (Å²) < 4.78 is 23.6. The van der Waals surface area contributed by atoms with Crippen molar-refractivity contribution in [1.29, 1.82) is 0 Å². The second kappa shape index (κ2) is 19.5. The first-order chi connectivity index (χ1) is 29.7. The standard InChI is InChI=1S/C47H63N9O8/c1-44(2,3)61-40(57)48-38(49-41(58)62-45(4,5)6)55-26-22-32(23-27-55)30-14-18-34(19-15-30)36-52-53-37(54(36)13)35-20-16-31(17-21-35)33-24-28-56(29-25-33)39(50-42(59)63-46(7,8)9)51-43(60)64-47(10,11)12/h14-22,24H,23,25-29H2,1-13H3,(H,48,49,57,58)(H,50,51,59,60). The third kappa shape index (κ3) is 14.5. The molecule has 0 unspecified atom stereocenters. The maximum absolute atomic E-state index is 12.7. The Hall–Kier alpha value is -6.52. The normalized spacial score (nSPS) is 15.5. The third-order valence-electron chi connectivity index (χ3n) is 9.33. The van der Waals surface area contributed by atoms with Gasteiger partial charge in [0.05, 0.1) is 0 Å². The van der Waals surface area contributed by atoms with Gasteiger partial charge in [-0.3, -0.25) is 10.6 Å². The molecular formula is C47H63N9O8. The number of nitrogens with one attached hydrogen (secondary N) is 2. The van der Waals surface area contributed by atoms with Crippen LogP contribution in [0.1, 0.15) is 107 Å². The molecule has 17 nitrogen and oxygen atoms in total. The fraction of sp³-hybridized carbons (Fsp3) is 0.489. The number of hydrogen-bond acceptors (Lipinski definition) is 10. The summed E-state index contributed by atoms with van der Waals surface area (Å²) >= 11 is 0. The van der Waals surface area contributed by atoms with Crippen molar-refractivity contribution in [3.8, 4) is 22.8 Å². The predicted octanol–water partition coefficient (Wildman–Crippen LogP) is 8.96. The van der Waals surface area contributed by atoms with Gasteiger partial charge in [0.2, 0.25) is 11.9 Å². The number of carbonyl (C=O) groups is 4. The van der Waals surface area contributed by atoms with Crippen molar-refractivity contribution in [1.82, 2.24) is 35.2 Å². The number of nitrogens with zero attached hydrogens (tertiary/aromatic N) is 7. The number of aliphatic imine (C=N–C) groups is 2. The number of alkyl carbamates (subject to hydrolysis) is 2. The molecule has 2 aromatic carbocycles. The Labute approximate surface area is 376 Å². The van der Waals surface area contributed by atoms with Gasteiger partial charge in [-0.1, -0.05) is 60.7 Å². The van der Waals surface area contributed by atoms with Gasteiger partial charge in [-0.15, -0.1) is 20.2 Å². The SMILES string of the molecule is Cn1c(-c2ccc(C3=CCN(C(=NC(=O)OC(C)(C)C)NC(=O)OC(C)(C)C)CC3)cc2)nnc1-c1ccc(C2=CCN(C(=NC(=O)OC(C)(C)C)NC(=O)OC(C)(C)C)CC2)cc1. The Balaban J connectivity index is 1.25. The van der Waals surface area contributed by atoms with Crippen LogP contribution < -0.4 is 10.6 Å².